The largest absolute Gasteiger partial charge is 0.478 e. The molecule has 8 heteroatoms. The summed E-state index contributed by atoms with van der Waals surface area (Å²) in [6.45, 7) is 5.77. The van der Waals surface area contributed by atoms with Crippen LogP contribution in [0.5, 0.6) is 0 Å². The Morgan fingerprint density at radius 3 is 2.64 bits per heavy atom. The van der Waals surface area contributed by atoms with Crippen molar-refractivity contribution in [3.05, 3.63) is 40.9 Å². The summed E-state index contributed by atoms with van der Waals surface area (Å²) >= 11 is 0. The highest BCUT2D eigenvalue weighted by Gasteiger charge is 2.25. The first kappa shape index (κ1) is 16.9. The number of carbonyl (C=O) groups is 2. The summed E-state index contributed by atoms with van der Waals surface area (Å²) in [4.78, 5) is 32.0. The van der Waals surface area contributed by atoms with Gasteiger partial charge in [0.2, 0.25) is 0 Å². The van der Waals surface area contributed by atoms with Crippen LogP contribution < -0.4 is 4.90 Å². The van der Waals surface area contributed by atoms with E-state index in [1.807, 2.05) is 11.8 Å². The Balaban J connectivity index is 1.77. The van der Waals surface area contributed by atoms with Gasteiger partial charge in [-0.15, -0.1) is 0 Å². The van der Waals surface area contributed by atoms with Crippen molar-refractivity contribution in [1.29, 1.82) is 0 Å². The summed E-state index contributed by atoms with van der Waals surface area (Å²) in [6.07, 6.45) is 0.719. The summed E-state index contributed by atoms with van der Waals surface area (Å²) in [5.41, 5.74) is 1.23. The second kappa shape index (κ2) is 6.92. The number of aryl methyl sites for hydroxylation is 2. The fourth-order valence-corrected chi connectivity index (χ4v) is 2.91. The number of aromatic carboxylic acids is 1. The number of anilines is 1. The van der Waals surface area contributed by atoms with Crippen molar-refractivity contribution in [3.8, 4) is 0 Å². The van der Waals surface area contributed by atoms with Gasteiger partial charge in [-0.25, -0.2) is 9.78 Å². The van der Waals surface area contributed by atoms with Gasteiger partial charge in [0.05, 0.1) is 0 Å². The summed E-state index contributed by atoms with van der Waals surface area (Å²) < 4.78 is 4.97. The van der Waals surface area contributed by atoms with E-state index in [0.717, 1.165) is 12.1 Å². The van der Waals surface area contributed by atoms with Gasteiger partial charge in [-0.2, -0.15) is 0 Å². The highest BCUT2D eigenvalue weighted by molar-refractivity contribution is 5.94. The van der Waals surface area contributed by atoms with Crippen LogP contribution >= 0.6 is 0 Å². The topological polar surface area (TPSA) is 99.8 Å². The smallest absolute Gasteiger partial charge is 0.339 e. The van der Waals surface area contributed by atoms with Crippen LogP contribution in [-0.2, 0) is 0 Å². The molecule has 0 atom stereocenters. The first-order valence-corrected chi connectivity index (χ1v) is 8.14. The van der Waals surface area contributed by atoms with Crippen LogP contribution in [-0.4, -0.2) is 58.2 Å². The van der Waals surface area contributed by atoms with Crippen molar-refractivity contribution in [2.75, 3.05) is 31.1 Å². The van der Waals surface area contributed by atoms with Crippen LogP contribution in [0.2, 0.25) is 0 Å². The lowest BCUT2D eigenvalue weighted by Crippen LogP contribution is -2.36. The van der Waals surface area contributed by atoms with Gasteiger partial charge in [0.25, 0.3) is 5.91 Å². The molecule has 0 spiro atoms. The molecule has 25 heavy (non-hydrogen) atoms. The fourth-order valence-electron chi connectivity index (χ4n) is 2.91. The van der Waals surface area contributed by atoms with Gasteiger partial charge in [-0.1, -0.05) is 5.16 Å². The number of amides is 1. The van der Waals surface area contributed by atoms with Gasteiger partial charge in [0.1, 0.15) is 17.1 Å². The SMILES string of the molecule is Cc1ccc(C(=O)O)c(N2CCCN(C(=O)c3cc(C)on3)CC2)n1. The molecule has 8 nitrogen and oxygen atoms in total. The van der Waals surface area contributed by atoms with E-state index >= 15 is 0 Å². The van der Waals surface area contributed by atoms with Gasteiger partial charge in [0, 0.05) is 37.9 Å². The maximum atomic E-state index is 12.5. The van der Waals surface area contributed by atoms with Crippen molar-refractivity contribution in [2.24, 2.45) is 0 Å². The van der Waals surface area contributed by atoms with Crippen molar-refractivity contribution in [3.63, 3.8) is 0 Å². The van der Waals surface area contributed by atoms with Crippen LogP contribution in [0.15, 0.2) is 22.7 Å². The second-order valence-electron chi connectivity index (χ2n) is 6.08. The molecule has 132 valence electrons. The average Bonchev–Trinajstić information content (AvgIpc) is 2.87. The lowest BCUT2D eigenvalue weighted by molar-refractivity contribution is 0.0695. The molecule has 3 heterocycles. The minimum atomic E-state index is -1.00. The van der Waals surface area contributed by atoms with Crippen molar-refractivity contribution < 1.29 is 19.2 Å². The molecule has 2 aromatic rings. The number of rotatable bonds is 3. The maximum absolute atomic E-state index is 12.5. The van der Waals surface area contributed by atoms with Crippen LogP contribution in [0.3, 0.4) is 0 Å². The van der Waals surface area contributed by atoms with E-state index in [0.29, 0.717) is 43.5 Å². The minimum absolute atomic E-state index is 0.172. The third kappa shape index (κ3) is 3.62. The predicted molar refractivity (Wildman–Crippen MR) is 89.9 cm³/mol. The fraction of sp³-hybridized carbons (Fsp3) is 0.412. The zero-order valence-electron chi connectivity index (χ0n) is 14.2. The maximum Gasteiger partial charge on any atom is 0.339 e. The Hall–Kier alpha value is -2.90. The summed E-state index contributed by atoms with van der Waals surface area (Å²) in [5.74, 6) is -0.124. The molecule has 0 bridgehead atoms. The number of hydrogen-bond acceptors (Lipinski definition) is 6. The summed E-state index contributed by atoms with van der Waals surface area (Å²) in [5, 5.41) is 13.2. The number of nitrogens with zero attached hydrogens (tertiary/aromatic N) is 4. The molecular formula is C17H20N4O4. The summed E-state index contributed by atoms with van der Waals surface area (Å²) in [7, 11) is 0. The Kier molecular flexibility index (Phi) is 4.69. The van der Waals surface area contributed by atoms with E-state index < -0.39 is 5.97 Å². The Labute approximate surface area is 145 Å². The molecule has 2 aromatic heterocycles. The number of carbonyl (C=O) groups excluding carboxylic acids is 1. The number of carboxylic acids is 1. The lowest BCUT2D eigenvalue weighted by Gasteiger charge is -2.24. The van der Waals surface area contributed by atoms with E-state index in [2.05, 4.69) is 10.1 Å². The highest BCUT2D eigenvalue weighted by Crippen LogP contribution is 2.21. The van der Waals surface area contributed by atoms with Gasteiger partial charge < -0.3 is 19.4 Å². The van der Waals surface area contributed by atoms with Crippen LogP contribution in [0, 0.1) is 13.8 Å². The van der Waals surface area contributed by atoms with Crippen LogP contribution in [0.25, 0.3) is 0 Å². The minimum Gasteiger partial charge on any atom is -0.478 e. The van der Waals surface area contributed by atoms with Gasteiger partial charge in [0.15, 0.2) is 5.69 Å². The Morgan fingerprint density at radius 1 is 1.16 bits per heavy atom. The number of pyridine rings is 1. The number of aromatic nitrogens is 2. The third-order valence-corrected chi connectivity index (χ3v) is 4.17. The molecule has 0 aromatic carbocycles. The molecule has 3 rings (SSSR count). The first-order valence-electron chi connectivity index (χ1n) is 8.14. The number of carboxylic acid groups (broad SMARTS) is 1. The van der Waals surface area contributed by atoms with Crippen molar-refractivity contribution in [2.45, 2.75) is 20.3 Å². The lowest BCUT2D eigenvalue weighted by atomic mass is 10.2. The Morgan fingerprint density at radius 2 is 1.96 bits per heavy atom. The zero-order valence-corrected chi connectivity index (χ0v) is 14.2. The molecule has 1 N–H and O–H groups in total. The van der Waals surface area contributed by atoms with Crippen LogP contribution in [0.4, 0.5) is 5.82 Å². The first-order chi connectivity index (χ1) is 12.0. The second-order valence-corrected chi connectivity index (χ2v) is 6.08. The number of hydrogen-bond donors (Lipinski definition) is 1. The Bertz CT molecular complexity index is 802. The highest BCUT2D eigenvalue weighted by atomic mass is 16.5. The molecule has 1 aliphatic rings. The van der Waals surface area contributed by atoms with Crippen molar-refractivity contribution >= 4 is 17.7 Å². The molecule has 0 unspecified atom stereocenters. The van der Waals surface area contributed by atoms with E-state index in [4.69, 9.17) is 4.52 Å². The molecule has 1 aliphatic heterocycles. The van der Waals surface area contributed by atoms with Gasteiger partial charge in [-0.05, 0) is 32.4 Å². The van der Waals surface area contributed by atoms with Gasteiger partial charge >= 0.3 is 5.97 Å². The molecule has 1 fully saturated rings. The average molecular weight is 344 g/mol. The van der Waals surface area contributed by atoms with E-state index in [1.54, 1.807) is 30.0 Å². The molecule has 0 aliphatic carbocycles. The molecule has 0 saturated carbocycles. The molecule has 0 radical (unpaired) electrons. The summed E-state index contributed by atoms with van der Waals surface area (Å²) in [6, 6.07) is 4.88. The standard InChI is InChI=1S/C17H20N4O4/c1-11-4-5-13(17(23)24)15(18-11)20-6-3-7-21(9-8-20)16(22)14-10-12(2)25-19-14/h4-5,10H,3,6-9H2,1-2H3,(H,23,24). The van der Waals surface area contributed by atoms with E-state index in [9.17, 15) is 14.7 Å². The zero-order chi connectivity index (χ0) is 18.0. The third-order valence-electron chi connectivity index (χ3n) is 4.17. The molecule has 1 saturated heterocycles. The van der Waals surface area contributed by atoms with E-state index in [-0.39, 0.29) is 11.5 Å². The van der Waals surface area contributed by atoms with Gasteiger partial charge in [-0.3, -0.25) is 4.79 Å². The van der Waals surface area contributed by atoms with Crippen molar-refractivity contribution in [1.82, 2.24) is 15.0 Å². The van der Waals surface area contributed by atoms with Crippen LogP contribution in [0.1, 0.15) is 38.7 Å². The normalized spacial score (nSPS) is 15.1. The van der Waals surface area contributed by atoms with E-state index in [1.165, 1.54) is 0 Å². The monoisotopic (exact) mass is 344 g/mol. The predicted octanol–water partition coefficient (Wildman–Crippen LogP) is 1.74. The molecule has 1 amide bonds. The molecular weight excluding hydrogens is 324 g/mol. The quantitative estimate of drug-likeness (QED) is 0.905.